The molecule has 106 valence electrons. The largest absolute Gasteiger partial charge is 0.355 e. The zero-order chi connectivity index (χ0) is 13.8. The van der Waals surface area contributed by atoms with E-state index in [4.69, 9.17) is 0 Å². The van der Waals surface area contributed by atoms with Crippen molar-refractivity contribution < 1.29 is 9.00 Å². The maximum absolute atomic E-state index is 12.2. The zero-order valence-electron chi connectivity index (χ0n) is 12.2. The molecular weight excluding hydrogens is 246 g/mol. The summed E-state index contributed by atoms with van der Waals surface area (Å²) in [5, 5.41) is 2.98. The summed E-state index contributed by atoms with van der Waals surface area (Å²) in [5.74, 6) is 0.735. The summed E-state index contributed by atoms with van der Waals surface area (Å²) in [6.45, 7) is 8.57. The Morgan fingerprint density at radius 3 is 2.33 bits per heavy atom. The summed E-state index contributed by atoms with van der Waals surface area (Å²) >= 11 is 0. The summed E-state index contributed by atoms with van der Waals surface area (Å²) in [6.07, 6.45) is 5.26. The Morgan fingerprint density at radius 2 is 1.94 bits per heavy atom. The van der Waals surface area contributed by atoms with Gasteiger partial charge in [0.05, 0.1) is 0 Å². The fourth-order valence-electron chi connectivity index (χ4n) is 2.42. The highest BCUT2D eigenvalue weighted by atomic mass is 32.2. The average Bonchev–Trinajstić information content (AvgIpc) is 2.21. The maximum Gasteiger partial charge on any atom is 0.226 e. The van der Waals surface area contributed by atoms with Gasteiger partial charge in [-0.15, -0.1) is 0 Å². The third-order valence-electron chi connectivity index (χ3n) is 3.78. The van der Waals surface area contributed by atoms with Gasteiger partial charge in [-0.05, 0) is 40.0 Å². The van der Waals surface area contributed by atoms with Gasteiger partial charge < -0.3 is 5.32 Å². The van der Waals surface area contributed by atoms with E-state index in [9.17, 15) is 9.00 Å². The standard InChI is InChI=1S/C14H27NO2S/c1-5-7-14(8-6-9-14)12(16)15-10-11-18(17)13(2,3)4/h5-11H2,1-4H3,(H,15,16)/t18-/m1/s1. The van der Waals surface area contributed by atoms with Crippen LogP contribution in [0.4, 0.5) is 0 Å². The molecule has 1 N–H and O–H groups in total. The Kier molecular flexibility index (Phi) is 5.38. The van der Waals surface area contributed by atoms with Gasteiger partial charge >= 0.3 is 0 Å². The predicted octanol–water partition coefficient (Wildman–Crippen LogP) is 2.62. The normalized spacial score (nSPS) is 20.0. The first-order valence-electron chi connectivity index (χ1n) is 6.98. The van der Waals surface area contributed by atoms with Crippen molar-refractivity contribution in [3.05, 3.63) is 0 Å². The lowest BCUT2D eigenvalue weighted by Crippen LogP contribution is -2.46. The molecule has 0 saturated heterocycles. The number of nitrogens with one attached hydrogen (secondary N) is 1. The predicted molar refractivity (Wildman–Crippen MR) is 77.0 cm³/mol. The van der Waals surface area contributed by atoms with Crippen molar-refractivity contribution in [1.29, 1.82) is 0 Å². The van der Waals surface area contributed by atoms with Crippen LogP contribution in [-0.2, 0) is 15.6 Å². The SMILES string of the molecule is CCCC1(C(=O)NCC[S@@](=O)C(C)(C)C)CCC1. The second-order valence-corrected chi connectivity index (χ2v) is 8.63. The fraction of sp³-hybridized carbons (Fsp3) is 0.929. The third kappa shape index (κ3) is 3.81. The molecule has 0 aromatic carbocycles. The van der Waals surface area contributed by atoms with Gasteiger partial charge in [0.25, 0.3) is 0 Å². The van der Waals surface area contributed by atoms with E-state index in [-0.39, 0.29) is 16.1 Å². The fourth-order valence-corrected chi connectivity index (χ4v) is 3.32. The van der Waals surface area contributed by atoms with Gasteiger partial charge in [-0.3, -0.25) is 9.00 Å². The van der Waals surface area contributed by atoms with Gasteiger partial charge in [-0.2, -0.15) is 0 Å². The second-order valence-electron chi connectivity index (χ2n) is 6.30. The van der Waals surface area contributed by atoms with Gasteiger partial charge in [-0.1, -0.05) is 19.8 Å². The molecule has 0 radical (unpaired) electrons. The second kappa shape index (κ2) is 6.18. The number of hydrogen-bond donors (Lipinski definition) is 1. The van der Waals surface area contributed by atoms with Crippen LogP contribution in [0.15, 0.2) is 0 Å². The molecule has 0 aromatic heterocycles. The molecule has 1 amide bonds. The van der Waals surface area contributed by atoms with Crippen LogP contribution < -0.4 is 5.32 Å². The molecular formula is C14H27NO2S. The smallest absolute Gasteiger partial charge is 0.226 e. The first-order chi connectivity index (χ1) is 8.32. The highest BCUT2D eigenvalue weighted by Gasteiger charge is 2.42. The Hall–Kier alpha value is -0.380. The molecule has 1 saturated carbocycles. The van der Waals surface area contributed by atoms with Crippen molar-refractivity contribution in [3.8, 4) is 0 Å². The molecule has 0 unspecified atom stereocenters. The highest BCUT2D eigenvalue weighted by Crippen LogP contribution is 2.44. The first-order valence-corrected chi connectivity index (χ1v) is 8.30. The lowest BCUT2D eigenvalue weighted by atomic mass is 9.65. The number of rotatable bonds is 6. The Morgan fingerprint density at radius 1 is 1.33 bits per heavy atom. The number of hydrogen-bond acceptors (Lipinski definition) is 2. The van der Waals surface area contributed by atoms with Crippen LogP contribution in [0, 0.1) is 5.41 Å². The lowest BCUT2D eigenvalue weighted by molar-refractivity contribution is -0.136. The Balaban J connectivity index is 2.35. The minimum atomic E-state index is -0.883. The van der Waals surface area contributed by atoms with Crippen molar-refractivity contribution in [3.63, 3.8) is 0 Å². The van der Waals surface area contributed by atoms with E-state index >= 15 is 0 Å². The topological polar surface area (TPSA) is 46.2 Å². The molecule has 0 aromatic rings. The van der Waals surface area contributed by atoms with Crippen LogP contribution in [0.5, 0.6) is 0 Å². The summed E-state index contributed by atoms with van der Waals surface area (Å²) in [6, 6.07) is 0. The zero-order valence-corrected chi connectivity index (χ0v) is 13.0. The number of carbonyl (C=O) groups excluding carboxylic acids is 1. The molecule has 1 atom stereocenters. The van der Waals surface area contributed by atoms with E-state index in [0.29, 0.717) is 12.3 Å². The van der Waals surface area contributed by atoms with Crippen molar-refractivity contribution >= 4 is 16.7 Å². The van der Waals surface area contributed by atoms with E-state index in [2.05, 4.69) is 12.2 Å². The average molecular weight is 273 g/mol. The number of amides is 1. The summed E-state index contributed by atoms with van der Waals surface area (Å²) < 4.78 is 11.7. The Labute approximate surface area is 114 Å². The summed E-state index contributed by atoms with van der Waals surface area (Å²) in [4.78, 5) is 12.2. The van der Waals surface area contributed by atoms with Gasteiger partial charge in [0.2, 0.25) is 5.91 Å². The van der Waals surface area contributed by atoms with Gasteiger partial charge in [0, 0.05) is 33.3 Å². The lowest BCUT2D eigenvalue weighted by Gasteiger charge is -2.40. The summed E-state index contributed by atoms with van der Waals surface area (Å²) in [7, 11) is -0.883. The van der Waals surface area contributed by atoms with Crippen LogP contribution in [0.1, 0.15) is 59.8 Å². The molecule has 1 fully saturated rings. The van der Waals surface area contributed by atoms with Crippen LogP contribution in [0.3, 0.4) is 0 Å². The molecule has 0 aliphatic heterocycles. The van der Waals surface area contributed by atoms with Gasteiger partial charge in [-0.25, -0.2) is 0 Å². The Bertz CT molecular complexity index is 316. The highest BCUT2D eigenvalue weighted by molar-refractivity contribution is 7.86. The van der Waals surface area contributed by atoms with Crippen LogP contribution in [0.25, 0.3) is 0 Å². The molecule has 1 aliphatic rings. The molecule has 18 heavy (non-hydrogen) atoms. The van der Waals surface area contributed by atoms with E-state index in [0.717, 1.165) is 25.7 Å². The maximum atomic E-state index is 12.2. The first kappa shape index (κ1) is 15.7. The van der Waals surface area contributed by atoms with E-state index in [1.165, 1.54) is 6.42 Å². The summed E-state index contributed by atoms with van der Waals surface area (Å²) in [5.41, 5.74) is -0.0992. The van der Waals surface area contributed by atoms with Gasteiger partial charge in [0.1, 0.15) is 0 Å². The van der Waals surface area contributed by atoms with Crippen LogP contribution in [0.2, 0.25) is 0 Å². The van der Waals surface area contributed by atoms with Crippen molar-refractivity contribution in [2.45, 2.75) is 64.5 Å². The minimum absolute atomic E-state index is 0.0992. The molecule has 3 nitrogen and oxygen atoms in total. The van der Waals surface area contributed by atoms with E-state index in [1.807, 2.05) is 20.8 Å². The van der Waals surface area contributed by atoms with Crippen molar-refractivity contribution in [1.82, 2.24) is 5.32 Å². The molecule has 0 heterocycles. The van der Waals surface area contributed by atoms with Crippen LogP contribution >= 0.6 is 0 Å². The third-order valence-corrected chi connectivity index (χ3v) is 5.72. The van der Waals surface area contributed by atoms with Gasteiger partial charge in [0.15, 0.2) is 0 Å². The van der Waals surface area contributed by atoms with Crippen molar-refractivity contribution in [2.75, 3.05) is 12.3 Å². The number of carbonyl (C=O) groups is 1. The quantitative estimate of drug-likeness (QED) is 0.808. The monoisotopic (exact) mass is 273 g/mol. The molecule has 4 heteroatoms. The van der Waals surface area contributed by atoms with E-state index < -0.39 is 10.8 Å². The van der Waals surface area contributed by atoms with Crippen molar-refractivity contribution in [2.24, 2.45) is 5.41 Å². The van der Waals surface area contributed by atoms with E-state index in [1.54, 1.807) is 0 Å². The molecule has 0 bridgehead atoms. The molecule has 1 aliphatic carbocycles. The minimum Gasteiger partial charge on any atom is -0.355 e. The molecule has 0 spiro atoms. The van der Waals surface area contributed by atoms with Crippen LogP contribution in [-0.4, -0.2) is 27.2 Å². The molecule has 1 rings (SSSR count).